The minimum Gasteiger partial charge on any atom is -0.316 e. The van der Waals surface area contributed by atoms with Crippen molar-refractivity contribution in [3.8, 4) is 0 Å². The molecule has 0 spiro atoms. The van der Waals surface area contributed by atoms with Crippen LogP contribution >= 0.6 is 0 Å². The van der Waals surface area contributed by atoms with Crippen molar-refractivity contribution in [2.45, 2.75) is 58.3 Å². The maximum absolute atomic E-state index is 3.64. The first-order valence-corrected chi connectivity index (χ1v) is 8.28. The van der Waals surface area contributed by atoms with Crippen molar-refractivity contribution in [3.63, 3.8) is 0 Å². The van der Waals surface area contributed by atoms with Gasteiger partial charge in [0.15, 0.2) is 0 Å². The molecule has 2 fully saturated rings. The zero-order chi connectivity index (χ0) is 12.4. The van der Waals surface area contributed by atoms with E-state index in [9.17, 15) is 0 Å². The number of rotatable bonds is 5. The summed E-state index contributed by atoms with van der Waals surface area (Å²) >= 11 is 0. The van der Waals surface area contributed by atoms with Gasteiger partial charge in [-0.15, -0.1) is 0 Å². The Kier molecular flexibility index (Phi) is 4.08. The number of nitrogens with one attached hydrogen (secondary N) is 1. The van der Waals surface area contributed by atoms with E-state index in [-0.39, 0.29) is 0 Å². The molecule has 0 radical (unpaired) electrons. The Labute approximate surface area is 112 Å². The number of hydrogen-bond donors (Lipinski definition) is 1. The van der Waals surface area contributed by atoms with Crippen molar-refractivity contribution in [1.29, 1.82) is 0 Å². The number of fused-ring (bicyclic) bond motifs is 2. The highest BCUT2D eigenvalue weighted by molar-refractivity contribution is 5.14. The average Bonchev–Trinajstić information content (AvgIpc) is 3.03. The summed E-state index contributed by atoms with van der Waals surface area (Å²) in [7, 11) is 0. The summed E-state index contributed by atoms with van der Waals surface area (Å²) < 4.78 is 0. The van der Waals surface area contributed by atoms with Crippen LogP contribution in [0.3, 0.4) is 0 Å². The lowest BCUT2D eigenvalue weighted by Crippen LogP contribution is -2.32. The Bertz CT molecular complexity index is 307. The van der Waals surface area contributed by atoms with Crippen molar-refractivity contribution in [1.82, 2.24) is 5.32 Å². The van der Waals surface area contributed by atoms with E-state index in [1.165, 1.54) is 51.5 Å². The monoisotopic (exact) mass is 247 g/mol. The Morgan fingerprint density at radius 2 is 2.22 bits per heavy atom. The molecule has 0 aromatic carbocycles. The fourth-order valence-corrected chi connectivity index (χ4v) is 4.84. The molecule has 1 heteroatoms. The molecule has 3 rings (SSSR count). The van der Waals surface area contributed by atoms with Crippen molar-refractivity contribution in [2.75, 3.05) is 13.1 Å². The fraction of sp³-hybridized carbons (Fsp3) is 0.882. The Hall–Kier alpha value is -0.300. The summed E-state index contributed by atoms with van der Waals surface area (Å²) in [6, 6.07) is 0. The number of hydrogen-bond acceptors (Lipinski definition) is 1. The molecule has 102 valence electrons. The van der Waals surface area contributed by atoms with Crippen molar-refractivity contribution in [2.24, 2.45) is 23.7 Å². The highest BCUT2D eigenvalue weighted by Crippen LogP contribution is 2.52. The molecule has 0 aromatic heterocycles. The van der Waals surface area contributed by atoms with E-state index in [2.05, 4.69) is 18.3 Å². The first kappa shape index (κ1) is 12.7. The molecule has 0 aromatic rings. The molecule has 0 heterocycles. The van der Waals surface area contributed by atoms with Gasteiger partial charge in [-0.25, -0.2) is 0 Å². The van der Waals surface area contributed by atoms with Crippen molar-refractivity contribution in [3.05, 3.63) is 11.6 Å². The predicted octanol–water partition coefficient (Wildman–Crippen LogP) is 4.15. The summed E-state index contributed by atoms with van der Waals surface area (Å²) in [4.78, 5) is 0. The third kappa shape index (κ3) is 2.52. The van der Waals surface area contributed by atoms with Crippen molar-refractivity contribution < 1.29 is 0 Å². The predicted molar refractivity (Wildman–Crippen MR) is 77.5 cm³/mol. The van der Waals surface area contributed by atoms with Gasteiger partial charge < -0.3 is 5.32 Å². The van der Waals surface area contributed by atoms with E-state index in [1.54, 1.807) is 6.42 Å². The first-order valence-electron chi connectivity index (χ1n) is 8.28. The smallest absolute Gasteiger partial charge is 0.00195 e. The van der Waals surface area contributed by atoms with E-state index in [0.29, 0.717) is 0 Å². The number of allylic oxidation sites excluding steroid dienone is 1. The van der Waals surface area contributed by atoms with Crippen LogP contribution in [-0.4, -0.2) is 13.1 Å². The fourth-order valence-electron chi connectivity index (χ4n) is 4.84. The molecule has 2 bridgehead atoms. The Balaban J connectivity index is 1.70. The van der Waals surface area contributed by atoms with Gasteiger partial charge in [-0.3, -0.25) is 0 Å². The van der Waals surface area contributed by atoms with E-state index >= 15 is 0 Å². The largest absolute Gasteiger partial charge is 0.316 e. The molecular formula is C17H29N. The van der Waals surface area contributed by atoms with Crippen LogP contribution in [0.4, 0.5) is 0 Å². The molecule has 4 unspecified atom stereocenters. The van der Waals surface area contributed by atoms with Crippen LogP contribution in [-0.2, 0) is 0 Å². The molecular weight excluding hydrogens is 218 g/mol. The second-order valence-corrected chi connectivity index (χ2v) is 6.78. The summed E-state index contributed by atoms with van der Waals surface area (Å²) in [6.45, 7) is 4.62. The average molecular weight is 247 g/mol. The summed E-state index contributed by atoms with van der Waals surface area (Å²) in [5, 5.41) is 3.64. The van der Waals surface area contributed by atoms with Crippen LogP contribution in [0.1, 0.15) is 58.3 Å². The van der Waals surface area contributed by atoms with E-state index in [0.717, 1.165) is 30.2 Å². The highest BCUT2D eigenvalue weighted by atomic mass is 14.9. The Morgan fingerprint density at radius 1 is 1.28 bits per heavy atom. The third-order valence-corrected chi connectivity index (χ3v) is 5.73. The lowest BCUT2D eigenvalue weighted by Gasteiger charge is -2.34. The van der Waals surface area contributed by atoms with Gasteiger partial charge in [0, 0.05) is 6.54 Å². The molecule has 18 heavy (non-hydrogen) atoms. The van der Waals surface area contributed by atoms with Gasteiger partial charge in [0.25, 0.3) is 0 Å². The molecule has 2 saturated carbocycles. The minimum atomic E-state index is 0.876. The maximum atomic E-state index is 3.64. The van der Waals surface area contributed by atoms with Gasteiger partial charge in [0.2, 0.25) is 0 Å². The van der Waals surface area contributed by atoms with Crippen LogP contribution in [0.25, 0.3) is 0 Å². The van der Waals surface area contributed by atoms with E-state index in [1.807, 2.05) is 5.57 Å². The van der Waals surface area contributed by atoms with Crippen molar-refractivity contribution >= 4 is 0 Å². The van der Waals surface area contributed by atoms with Crippen LogP contribution < -0.4 is 5.32 Å². The maximum Gasteiger partial charge on any atom is 0.00195 e. The van der Waals surface area contributed by atoms with Gasteiger partial charge in [-0.05, 0) is 75.2 Å². The molecule has 0 saturated heterocycles. The molecule has 3 aliphatic rings. The summed E-state index contributed by atoms with van der Waals surface area (Å²) in [6.07, 6.45) is 14.4. The molecule has 3 aliphatic carbocycles. The van der Waals surface area contributed by atoms with Gasteiger partial charge in [0.05, 0.1) is 0 Å². The molecule has 1 nitrogen and oxygen atoms in total. The lowest BCUT2D eigenvalue weighted by molar-refractivity contribution is 0.243. The van der Waals surface area contributed by atoms with Gasteiger partial charge in [0.1, 0.15) is 0 Å². The normalized spacial score (nSPS) is 36.7. The van der Waals surface area contributed by atoms with E-state index in [4.69, 9.17) is 0 Å². The SMILES string of the molecule is CCNCC(C1=CCCCC1)C1CC2CCC1C2. The molecule has 1 N–H and O–H groups in total. The zero-order valence-corrected chi connectivity index (χ0v) is 12.0. The van der Waals surface area contributed by atoms with Gasteiger partial charge in [-0.2, -0.15) is 0 Å². The second-order valence-electron chi connectivity index (χ2n) is 6.78. The third-order valence-electron chi connectivity index (χ3n) is 5.73. The topological polar surface area (TPSA) is 12.0 Å². The molecule has 0 amide bonds. The summed E-state index contributed by atoms with van der Waals surface area (Å²) in [5.41, 5.74) is 1.82. The van der Waals surface area contributed by atoms with Crippen LogP contribution in [0.2, 0.25) is 0 Å². The quantitative estimate of drug-likeness (QED) is 0.720. The lowest BCUT2D eigenvalue weighted by atomic mass is 9.73. The van der Waals surface area contributed by atoms with Crippen LogP contribution in [0, 0.1) is 23.7 Å². The second kappa shape index (κ2) is 5.77. The zero-order valence-electron chi connectivity index (χ0n) is 12.0. The van der Waals surface area contributed by atoms with Crippen LogP contribution in [0.15, 0.2) is 11.6 Å². The minimum absolute atomic E-state index is 0.876. The van der Waals surface area contributed by atoms with E-state index < -0.39 is 0 Å². The van der Waals surface area contributed by atoms with Crippen LogP contribution in [0.5, 0.6) is 0 Å². The first-order chi connectivity index (χ1) is 8.88. The van der Waals surface area contributed by atoms with Gasteiger partial charge in [-0.1, -0.05) is 25.0 Å². The highest BCUT2D eigenvalue weighted by Gasteiger charge is 2.43. The van der Waals surface area contributed by atoms with Gasteiger partial charge >= 0.3 is 0 Å². The standard InChI is InChI=1S/C17H29N/c1-2-18-12-17(14-6-4-3-5-7-14)16-11-13-8-9-15(16)10-13/h6,13,15-18H,2-5,7-12H2,1H3. The Morgan fingerprint density at radius 3 is 2.83 bits per heavy atom. The summed E-state index contributed by atoms with van der Waals surface area (Å²) in [5.74, 6) is 4.06. The molecule has 0 aliphatic heterocycles. The molecule has 4 atom stereocenters.